The van der Waals surface area contributed by atoms with E-state index in [1.165, 1.54) is 12.1 Å². The first-order chi connectivity index (χ1) is 14.0. The van der Waals surface area contributed by atoms with Gasteiger partial charge < -0.3 is 10.0 Å². The molecule has 0 bridgehead atoms. The van der Waals surface area contributed by atoms with Gasteiger partial charge in [-0.2, -0.15) is 0 Å². The highest BCUT2D eigenvalue weighted by Gasteiger charge is 2.67. The number of carbonyl (C=O) groups excluding carboxylic acids is 1. The average molecular weight is 387 g/mol. The summed E-state index contributed by atoms with van der Waals surface area (Å²) in [5.74, 6) is -1.52. The van der Waals surface area contributed by atoms with Crippen molar-refractivity contribution in [2.24, 2.45) is 0 Å². The Labute approximate surface area is 167 Å². The largest absolute Gasteiger partial charge is 0.478 e. The summed E-state index contributed by atoms with van der Waals surface area (Å²) in [6.07, 6.45) is 0.579. The normalized spacial score (nSPS) is 22.0. The van der Waals surface area contributed by atoms with E-state index in [0.29, 0.717) is 12.0 Å². The number of carboxylic acids is 1. The fraction of sp³-hybridized carbons (Fsp3) is 0.167. The molecule has 1 N–H and O–H groups in total. The second-order valence-corrected chi connectivity index (χ2v) is 7.66. The maximum Gasteiger partial charge on any atom is 0.335 e. The first-order valence-corrected chi connectivity index (χ1v) is 9.50. The van der Waals surface area contributed by atoms with Crippen LogP contribution in [0.2, 0.25) is 0 Å². The predicted molar refractivity (Wildman–Crippen MR) is 106 cm³/mol. The summed E-state index contributed by atoms with van der Waals surface area (Å²) in [5, 5.41) is 9.24. The Morgan fingerprint density at radius 1 is 1.07 bits per heavy atom. The molecule has 2 atom stereocenters. The third-order valence-electron chi connectivity index (χ3n) is 6.06. The van der Waals surface area contributed by atoms with Crippen molar-refractivity contribution in [3.63, 3.8) is 0 Å². The summed E-state index contributed by atoms with van der Waals surface area (Å²) in [7, 11) is 0. The first-order valence-electron chi connectivity index (χ1n) is 9.50. The number of aromatic carboxylic acids is 1. The van der Waals surface area contributed by atoms with Crippen LogP contribution in [0.3, 0.4) is 0 Å². The van der Waals surface area contributed by atoms with Crippen LogP contribution in [0.5, 0.6) is 0 Å². The van der Waals surface area contributed by atoms with Gasteiger partial charge in [-0.15, -0.1) is 0 Å². The van der Waals surface area contributed by atoms with Crippen molar-refractivity contribution in [3.05, 3.63) is 101 Å². The van der Waals surface area contributed by atoms with Gasteiger partial charge in [0.1, 0.15) is 5.82 Å². The van der Waals surface area contributed by atoms with E-state index in [-0.39, 0.29) is 29.8 Å². The molecule has 5 rings (SSSR count). The molecule has 1 aliphatic heterocycles. The number of hydrogen-bond acceptors (Lipinski definition) is 2. The molecule has 1 amide bonds. The average Bonchev–Trinajstić information content (AvgIpc) is 3.43. The van der Waals surface area contributed by atoms with Crippen molar-refractivity contribution < 1.29 is 19.1 Å². The zero-order valence-corrected chi connectivity index (χ0v) is 15.5. The van der Waals surface area contributed by atoms with E-state index in [2.05, 4.69) is 0 Å². The lowest BCUT2D eigenvalue weighted by Crippen LogP contribution is -2.32. The lowest BCUT2D eigenvalue weighted by molar-refractivity contribution is -0.120. The lowest BCUT2D eigenvalue weighted by Gasteiger charge is -2.19. The molecule has 0 unspecified atom stereocenters. The molecule has 1 fully saturated rings. The summed E-state index contributed by atoms with van der Waals surface area (Å²) < 4.78 is 14.4. The van der Waals surface area contributed by atoms with Crippen molar-refractivity contribution in [2.45, 2.75) is 24.3 Å². The fourth-order valence-electron chi connectivity index (χ4n) is 4.62. The Bertz CT molecular complexity index is 1160. The number of fused-ring (bicyclic) bond motifs is 2. The topological polar surface area (TPSA) is 57.6 Å². The fourth-order valence-corrected chi connectivity index (χ4v) is 4.62. The summed E-state index contributed by atoms with van der Waals surface area (Å²) in [5.41, 5.74) is 2.51. The van der Waals surface area contributed by atoms with E-state index in [4.69, 9.17) is 0 Å². The van der Waals surface area contributed by atoms with Crippen molar-refractivity contribution in [1.29, 1.82) is 0 Å². The van der Waals surface area contributed by atoms with E-state index in [1.807, 2.05) is 30.3 Å². The lowest BCUT2D eigenvalue weighted by atomic mass is 9.92. The van der Waals surface area contributed by atoms with E-state index < -0.39 is 11.4 Å². The number of anilines is 1. The molecular formula is C24H18FNO3. The minimum absolute atomic E-state index is 0.0484. The number of hydrogen-bond donors (Lipinski definition) is 1. The molecule has 29 heavy (non-hydrogen) atoms. The highest BCUT2D eigenvalue weighted by molar-refractivity contribution is 6.11. The summed E-state index contributed by atoms with van der Waals surface area (Å²) in [6, 6.07) is 20.9. The molecule has 3 aromatic rings. The molecule has 3 aromatic carbocycles. The standard InChI is InChI=1S/C24H18FNO3/c25-20-10-3-1-8-17(20)19-13-24(19)18-9-2-4-11-21(18)26(23(24)29)14-15-6-5-7-16(12-15)22(27)28/h1-12,19H,13-14H2,(H,27,28)/t19-,24-/m1/s1. The Morgan fingerprint density at radius 3 is 2.62 bits per heavy atom. The predicted octanol–water partition coefficient (Wildman–Crippen LogP) is 4.50. The molecule has 1 heterocycles. The number of carbonyl (C=O) groups is 2. The number of nitrogens with zero attached hydrogens (tertiary/aromatic N) is 1. The molecular weight excluding hydrogens is 369 g/mol. The molecule has 2 aliphatic rings. The van der Waals surface area contributed by atoms with E-state index in [9.17, 15) is 19.1 Å². The van der Waals surface area contributed by atoms with Crippen LogP contribution < -0.4 is 4.90 Å². The molecule has 1 saturated carbocycles. The van der Waals surface area contributed by atoms with Crippen LogP contribution in [0.4, 0.5) is 10.1 Å². The quantitative estimate of drug-likeness (QED) is 0.717. The molecule has 1 spiro atoms. The molecule has 0 aromatic heterocycles. The van der Waals surface area contributed by atoms with Crippen LogP contribution in [0, 0.1) is 5.82 Å². The molecule has 0 saturated heterocycles. The third-order valence-corrected chi connectivity index (χ3v) is 6.06. The highest BCUT2D eigenvalue weighted by atomic mass is 19.1. The molecule has 0 radical (unpaired) electrons. The SMILES string of the molecule is O=C(O)c1cccc(CN2C(=O)[C@]3(C[C@@H]3c3ccccc3F)c3ccccc32)c1. The van der Waals surface area contributed by atoms with Crippen LogP contribution in [0.15, 0.2) is 72.8 Å². The van der Waals surface area contributed by atoms with Gasteiger partial charge in [0.2, 0.25) is 5.91 Å². The summed E-state index contributed by atoms with van der Waals surface area (Å²) in [4.78, 5) is 26.5. The number of benzene rings is 3. The van der Waals surface area contributed by atoms with Crippen LogP contribution in [0.1, 0.15) is 39.4 Å². The van der Waals surface area contributed by atoms with Crippen molar-refractivity contribution in [2.75, 3.05) is 4.90 Å². The Balaban J connectivity index is 1.53. The van der Waals surface area contributed by atoms with Crippen molar-refractivity contribution in [1.82, 2.24) is 0 Å². The van der Waals surface area contributed by atoms with Gasteiger partial charge in [0, 0.05) is 11.6 Å². The minimum atomic E-state index is -1.00. The molecule has 4 nitrogen and oxygen atoms in total. The number of para-hydroxylation sites is 1. The number of carboxylic acid groups (broad SMARTS) is 1. The zero-order valence-electron chi connectivity index (χ0n) is 15.5. The smallest absolute Gasteiger partial charge is 0.335 e. The first kappa shape index (κ1) is 17.6. The van der Waals surface area contributed by atoms with E-state index in [0.717, 1.165) is 16.8 Å². The van der Waals surface area contributed by atoms with Gasteiger partial charge in [-0.25, -0.2) is 9.18 Å². The van der Waals surface area contributed by atoms with E-state index in [1.54, 1.807) is 35.2 Å². The number of rotatable bonds is 4. The molecule has 144 valence electrons. The van der Waals surface area contributed by atoms with Gasteiger partial charge in [-0.1, -0.05) is 48.5 Å². The number of amides is 1. The van der Waals surface area contributed by atoms with Crippen LogP contribution in [-0.2, 0) is 16.8 Å². The van der Waals surface area contributed by atoms with Gasteiger partial charge in [-0.05, 0) is 47.4 Å². The summed E-state index contributed by atoms with van der Waals surface area (Å²) in [6.45, 7) is 0.280. The molecule has 5 heteroatoms. The van der Waals surface area contributed by atoms with Crippen molar-refractivity contribution >= 4 is 17.6 Å². The maximum atomic E-state index is 14.4. The van der Waals surface area contributed by atoms with Gasteiger partial charge in [0.25, 0.3) is 0 Å². The van der Waals surface area contributed by atoms with Crippen LogP contribution >= 0.6 is 0 Å². The minimum Gasteiger partial charge on any atom is -0.478 e. The Morgan fingerprint density at radius 2 is 1.83 bits per heavy atom. The summed E-state index contributed by atoms with van der Waals surface area (Å²) >= 11 is 0. The second kappa shape index (κ2) is 6.27. The van der Waals surface area contributed by atoms with E-state index >= 15 is 0 Å². The Hall–Kier alpha value is -3.47. The Kier molecular flexibility index (Phi) is 3.81. The number of halogens is 1. The molecule has 1 aliphatic carbocycles. The van der Waals surface area contributed by atoms with Crippen molar-refractivity contribution in [3.8, 4) is 0 Å². The second-order valence-electron chi connectivity index (χ2n) is 7.66. The highest BCUT2D eigenvalue weighted by Crippen LogP contribution is 2.66. The monoisotopic (exact) mass is 387 g/mol. The van der Waals surface area contributed by atoms with Crippen LogP contribution in [0.25, 0.3) is 0 Å². The zero-order chi connectivity index (χ0) is 20.2. The van der Waals surface area contributed by atoms with Gasteiger partial charge >= 0.3 is 5.97 Å². The van der Waals surface area contributed by atoms with Gasteiger partial charge in [0.15, 0.2) is 0 Å². The van der Waals surface area contributed by atoms with Crippen LogP contribution in [-0.4, -0.2) is 17.0 Å². The maximum absolute atomic E-state index is 14.4. The van der Waals surface area contributed by atoms with Gasteiger partial charge in [0.05, 0.1) is 17.5 Å². The van der Waals surface area contributed by atoms with Gasteiger partial charge in [-0.3, -0.25) is 4.79 Å². The third kappa shape index (κ3) is 2.58.